The Morgan fingerprint density at radius 2 is 1.79 bits per heavy atom. The summed E-state index contributed by atoms with van der Waals surface area (Å²) in [5, 5.41) is 7.61. The number of hydrogen-bond acceptors (Lipinski definition) is 5. The lowest BCUT2D eigenvalue weighted by atomic mass is 10.1. The third-order valence-electron chi connectivity index (χ3n) is 4.62. The molecule has 2 aromatic rings. The van der Waals surface area contributed by atoms with Crippen molar-refractivity contribution >= 4 is 29.1 Å². The first-order chi connectivity index (χ1) is 13.5. The summed E-state index contributed by atoms with van der Waals surface area (Å²) in [5.74, 6) is 0.341. The molecule has 0 unspecified atom stereocenters. The Balaban J connectivity index is 1.39. The number of amides is 2. The van der Waals surface area contributed by atoms with Crippen LogP contribution in [0.2, 0.25) is 0 Å². The van der Waals surface area contributed by atoms with E-state index in [4.69, 9.17) is 0 Å². The molecule has 0 saturated carbocycles. The first kappa shape index (κ1) is 20.0. The number of thiazole rings is 1. The summed E-state index contributed by atoms with van der Waals surface area (Å²) in [7, 11) is 1.74. The molecule has 3 rings (SSSR count). The van der Waals surface area contributed by atoms with Crippen LogP contribution in [0.15, 0.2) is 29.3 Å². The van der Waals surface area contributed by atoms with E-state index in [0.717, 1.165) is 29.5 Å². The molecule has 0 radical (unpaired) electrons. The number of aromatic nitrogens is 1. The Morgan fingerprint density at radius 3 is 2.36 bits per heavy atom. The second kappa shape index (κ2) is 8.97. The number of benzene rings is 1. The van der Waals surface area contributed by atoms with Crippen LogP contribution in [0.4, 0.5) is 0 Å². The highest BCUT2D eigenvalue weighted by atomic mass is 32.1. The lowest BCUT2D eigenvalue weighted by Crippen LogP contribution is -2.37. The summed E-state index contributed by atoms with van der Waals surface area (Å²) < 4.78 is 0. The number of aliphatic imine (C=N–C) groups is 1. The summed E-state index contributed by atoms with van der Waals surface area (Å²) in [6.07, 6.45) is 1.56. The van der Waals surface area contributed by atoms with E-state index in [1.807, 2.05) is 13.8 Å². The third kappa shape index (κ3) is 4.39. The van der Waals surface area contributed by atoms with Crippen LogP contribution in [0.1, 0.15) is 49.1 Å². The van der Waals surface area contributed by atoms with E-state index >= 15 is 0 Å². The topological polar surface area (TPSA) is 86.7 Å². The first-order valence-electron chi connectivity index (χ1n) is 9.34. The smallest absolute Gasteiger partial charge is 0.261 e. The van der Waals surface area contributed by atoms with Crippen LogP contribution < -0.4 is 10.6 Å². The van der Waals surface area contributed by atoms with E-state index in [0.29, 0.717) is 30.8 Å². The number of hydrogen-bond donors (Lipinski definition) is 2. The van der Waals surface area contributed by atoms with Crippen LogP contribution in [0.25, 0.3) is 0 Å². The largest absolute Gasteiger partial charge is 0.356 e. The van der Waals surface area contributed by atoms with Crippen molar-refractivity contribution in [3.63, 3.8) is 0 Å². The number of aryl methyl sites for hydroxylation is 2. The minimum Gasteiger partial charge on any atom is -0.356 e. The Kier molecular flexibility index (Phi) is 6.41. The molecule has 1 aromatic heterocycles. The van der Waals surface area contributed by atoms with Crippen LogP contribution in [0.3, 0.4) is 0 Å². The van der Waals surface area contributed by atoms with Crippen molar-refractivity contribution in [2.75, 3.05) is 20.1 Å². The van der Waals surface area contributed by atoms with Crippen molar-refractivity contribution in [2.45, 2.75) is 33.2 Å². The van der Waals surface area contributed by atoms with Gasteiger partial charge in [0.05, 0.1) is 28.4 Å². The standard InChI is InChI=1S/C20H25N5O2S/c1-13-17(28-14(2)24-13)12-23-20(21-3)22-10-6-7-11-25-18(26)15-8-4-5-9-16(15)19(25)27/h4-5,8-9H,6-7,10-12H2,1-3H3,(H2,21,22,23). The predicted molar refractivity (Wildman–Crippen MR) is 111 cm³/mol. The Labute approximate surface area is 168 Å². The monoisotopic (exact) mass is 399 g/mol. The minimum atomic E-state index is -0.193. The number of nitrogens with zero attached hydrogens (tertiary/aromatic N) is 3. The molecule has 1 aliphatic heterocycles. The van der Waals surface area contributed by atoms with E-state index in [2.05, 4.69) is 20.6 Å². The molecule has 0 aliphatic carbocycles. The second-order valence-corrected chi connectivity index (χ2v) is 7.90. The molecule has 8 heteroatoms. The van der Waals surface area contributed by atoms with E-state index < -0.39 is 0 Å². The molecule has 2 amide bonds. The average Bonchev–Trinajstić information content (AvgIpc) is 3.14. The minimum absolute atomic E-state index is 0.193. The van der Waals surface area contributed by atoms with Gasteiger partial charge in [-0.25, -0.2) is 4.98 Å². The third-order valence-corrected chi connectivity index (χ3v) is 5.69. The van der Waals surface area contributed by atoms with Gasteiger partial charge in [-0.15, -0.1) is 11.3 Å². The van der Waals surface area contributed by atoms with Crippen LogP contribution in [0, 0.1) is 13.8 Å². The number of rotatable bonds is 7. The van der Waals surface area contributed by atoms with Crippen molar-refractivity contribution in [1.29, 1.82) is 0 Å². The van der Waals surface area contributed by atoms with Gasteiger partial charge in [0.1, 0.15) is 0 Å². The maximum Gasteiger partial charge on any atom is 0.261 e. The molecule has 148 valence electrons. The molecule has 1 aliphatic rings. The lowest BCUT2D eigenvalue weighted by molar-refractivity contribution is 0.0652. The fourth-order valence-corrected chi connectivity index (χ4v) is 4.04. The highest BCUT2D eigenvalue weighted by molar-refractivity contribution is 7.11. The quantitative estimate of drug-likeness (QED) is 0.323. The zero-order valence-electron chi connectivity index (χ0n) is 16.4. The number of guanidine groups is 1. The van der Waals surface area contributed by atoms with Gasteiger partial charge in [0, 0.05) is 25.0 Å². The number of carbonyl (C=O) groups is 2. The first-order valence-corrected chi connectivity index (χ1v) is 10.2. The fraction of sp³-hybridized carbons (Fsp3) is 0.400. The molecule has 0 bridgehead atoms. The summed E-state index contributed by atoms with van der Waals surface area (Å²) in [6.45, 7) is 5.84. The van der Waals surface area contributed by atoms with E-state index in [-0.39, 0.29) is 11.8 Å². The molecule has 0 fully saturated rings. The predicted octanol–water partition coefficient (Wildman–Crippen LogP) is 2.50. The maximum absolute atomic E-state index is 12.3. The Bertz CT molecular complexity index is 871. The van der Waals surface area contributed by atoms with Gasteiger partial charge in [-0.1, -0.05) is 12.1 Å². The second-order valence-electron chi connectivity index (χ2n) is 6.61. The SMILES string of the molecule is CN=C(NCCCCN1C(=O)c2ccccc2C1=O)NCc1sc(C)nc1C. The summed E-state index contributed by atoms with van der Waals surface area (Å²) in [5.41, 5.74) is 2.05. The molecular weight excluding hydrogens is 374 g/mol. The lowest BCUT2D eigenvalue weighted by Gasteiger charge is -2.14. The summed E-state index contributed by atoms with van der Waals surface area (Å²) >= 11 is 1.68. The molecule has 0 spiro atoms. The Morgan fingerprint density at radius 1 is 1.11 bits per heavy atom. The fourth-order valence-electron chi connectivity index (χ4n) is 3.17. The van der Waals surface area contributed by atoms with Crippen molar-refractivity contribution in [3.8, 4) is 0 Å². The number of fused-ring (bicyclic) bond motifs is 1. The van der Waals surface area contributed by atoms with Gasteiger partial charge in [0.2, 0.25) is 0 Å². The van der Waals surface area contributed by atoms with Crippen molar-refractivity contribution in [3.05, 3.63) is 51.0 Å². The highest BCUT2D eigenvalue weighted by Crippen LogP contribution is 2.22. The van der Waals surface area contributed by atoms with Gasteiger partial charge in [-0.3, -0.25) is 19.5 Å². The maximum atomic E-state index is 12.3. The molecule has 1 aromatic carbocycles. The number of unbranched alkanes of at least 4 members (excludes halogenated alkanes) is 1. The molecule has 0 atom stereocenters. The number of imide groups is 1. The number of carbonyl (C=O) groups excluding carboxylic acids is 2. The molecule has 2 heterocycles. The average molecular weight is 400 g/mol. The zero-order chi connectivity index (χ0) is 20.1. The molecule has 2 N–H and O–H groups in total. The van der Waals surface area contributed by atoms with Gasteiger partial charge < -0.3 is 10.6 Å². The summed E-state index contributed by atoms with van der Waals surface area (Å²) in [6, 6.07) is 6.98. The van der Waals surface area contributed by atoms with E-state index in [1.165, 1.54) is 9.78 Å². The Hall–Kier alpha value is -2.74. The van der Waals surface area contributed by atoms with Crippen molar-refractivity contribution in [1.82, 2.24) is 20.5 Å². The highest BCUT2D eigenvalue weighted by Gasteiger charge is 2.34. The zero-order valence-corrected chi connectivity index (χ0v) is 17.2. The van der Waals surface area contributed by atoms with Gasteiger partial charge >= 0.3 is 0 Å². The van der Waals surface area contributed by atoms with E-state index in [9.17, 15) is 9.59 Å². The van der Waals surface area contributed by atoms with Crippen LogP contribution in [-0.2, 0) is 6.54 Å². The van der Waals surface area contributed by atoms with E-state index in [1.54, 1.807) is 42.6 Å². The van der Waals surface area contributed by atoms with Gasteiger partial charge in [0.25, 0.3) is 11.8 Å². The normalized spacial score (nSPS) is 13.8. The van der Waals surface area contributed by atoms with Gasteiger partial charge in [-0.2, -0.15) is 0 Å². The van der Waals surface area contributed by atoms with Crippen molar-refractivity contribution in [2.24, 2.45) is 4.99 Å². The molecule has 28 heavy (non-hydrogen) atoms. The molecule has 7 nitrogen and oxygen atoms in total. The molecular formula is C20H25N5O2S. The van der Waals surface area contributed by atoms with Crippen molar-refractivity contribution < 1.29 is 9.59 Å². The van der Waals surface area contributed by atoms with Crippen LogP contribution in [-0.4, -0.2) is 47.8 Å². The number of nitrogens with one attached hydrogen (secondary N) is 2. The summed E-state index contributed by atoms with van der Waals surface area (Å²) in [4.78, 5) is 35.9. The van der Waals surface area contributed by atoms with Crippen LogP contribution >= 0.6 is 11.3 Å². The van der Waals surface area contributed by atoms with Gasteiger partial charge in [-0.05, 0) is 38.8 Å². The molecule has 0 saturated heterocycles. The van der Waals surface area contributed by atoms with Crippen LogP contribution in [0.5, 0.6) is 0 Å². The van der Waals surface area contributed by atoms with Gasteiger partial charge in [0.15, 0.2) is 5.96 Å².